The van der Waals surface area contributed by atoms with Crippen molar-refractivity contribution in [3.8, 4) is 5.75 Å². The van der Waals surface area contributed by atoms with Gasteiger partial charge in [-0.25, -0.2) is 0 Å². The van der Waals surface area contributed by atoms with E-state index in [9.17, 15) is 4.79 Å². The van der Waals surface area contributed by atoms with E-state index in [1.807, 2.05) is 17.0 Å². The highest BCUT2D eigenvalue weighted by molar-refractivity contribution is 5.76. The molecule has 3 rings (SSSR count). The third kappa shape index (κ3) is 4.01. The first-order chi connectivity index (χ1) is 10.7. The Morgan fingerprint density at radius 1 is 1.27 bits per heavy atom. The summed E-state index contributed by atoms with van der Waals surface area (Å²) in [5.41, 5.74) is 7.03. The lowest BCUT2D eigenvalue weighted by Gasteiger charge is -2.16. The Morgan fingerprint density at radius 2 is 2.09 bits per heavy atom. The van der Waals surface area contributed by atoms with Crippen LogP contribution in [0.1, 0.15) is 44.1 Å². The first-order valence-electron chi connectivity index (χ1n) is 8.49. The molecule has 0 spiro atoms. The van der Waals surface area contributed by atoms with Crippen molar-refractivity contribution in [3.05, 3.63) is 29.8 Å². The summed E-state index contributed by atoms with van der Waals surface area (Å²) < 4.78 is 6.02. The predicted octanol–water partition coefficient (Wildman–Crippen LogP) is 2.50. The van der Waals surface area contributed by atoms with E-state index >= 15 is 0 Å². The minimum Gasteiger partial charge on any atom is -0.490 e. The van der Waals surface area contributed by atoms with Crippen molar-refractivity contribution >= 4 is 5.91 Å². The van der Waals surface area contributed by atoms with Crippen LogP contribution in [0.3, 0.4) is 0 Å². The van der Waals surface area contributed by atoms with Gasteiger partial charge >= 0.3 is 0 Å². The van der Waals surface area contributed by atoms with Crippen molar-refractivity contribution in [1.29, 1.82) is 0 Å². The van der Waals surface area contributed by atoms with E-state index in [4.69, 9.17) is 10.5 Å². The molecule has 4 heteroatoms. The topological polar surface area (TPSA) is 55.6 Å². The van der Waals surface area contributed by atoms with Gasteiger partial charge in [0.2, 0.25) is 5.91 Å². The molecule has 22 heavy (non-hydrogen) atoms. The fraction of sp³-hybridized carbons (Fsp3) is 0.611. The Balaban J connectivity index is 1.50. The van der Waals surface area contributed by atoms with Crippen LogP contribution in [-0.4, -0.2) is 36.0 Å². The Hall–Kier alpha value is -1.55. The largest absolute Gasteiger partial charge is 0.490 e. The van der Waals surface area contributed by atoms with Gasteiger partial charge in [0, 0.05) is 25.6 Å². The number of carbonyl (C=O) groups excluding carboxylic acids is 1. The zero-order valence-corrected chi connectivity index (χ0v) is 13.2. The van der Waals surface area contributed by atoms with Gasteiger partial charge in [-0.05, 0) is 56.2 Å². The summed E-state index contributed by atoms with van der Waals surface area (Å²) in [4.78, 5) is 14.1. The summed E-state index contributed by atoms with van der Waals surface area (Å²) in [5.74, 6) is 1.16. The number of likely N-dealkylation sites (tertiary alicyclic amines) is 1. The third-order valence-corrected chi connectivity index (χ3v) is 4.71. The van der Waals surface area contributed by atoms with Crippen LogP contribution in [0.2, 0.25) is 0 Å². The number of hydrogen-bond donors (Lipinski definition) is 1. The molecule has 2 aliphatic rings. The Labute approximate surface area is 132 Å². The van der Waals surface area contributed by atoms with E-state index < -0.39 is 0 Å². The van der Waals surface area contributed by atoms with Crippen LogP contribution in [0.25, 0.3) is 0 Å². The molecule has 2 fully saturated rings. The van der Waals surface area contributed by atoms with E-state index in [0.717, 1.165) is 38.0 Å². The summed E-state index contributed by atoms with van der Waals surface area (Å²) in [5, 5.41) is 0. The molecule has 0 bridgehead atoms. The first-order valence-corrected chi connectivity index (χ1v) is 8.49. The molecule has 0 unspecified atom stereocenters. The van der Waals surface area contributed by atoms with Gasteiger partial charge in [0.25, 0.3) is 0 Å². The van der Waals surface area contributed by atoms with Crippen molar-refractivity contribution < 1.29 is 9.53 Å². The molecule has 1 aromatic carbocycles. The summed E-state index contributed by atoms with van der Waals surface area (Å²) in [7, 11) is 0. The second-order valence-electron chi connectivity index (χ2n) is 6.56. The van der Waals surface area contributed by atoms with Crippen LogP contribution in [0.5, 0.6) is 5.75 Å². The van der Waals surface area contributed by atoms with Crippen molar-refractivity contribution in [3.63, 3.8) is 0 Å². The number of aryl methyl sites for hydroxylation is 1. The van der Waals surface area contributed by atoms with E-state index in [1.54, 1.807) is 0 Å². The second kappa shape index (κ2) is 7.14. The number of benzene rings is 1. The lowest BCUT2D eigenvalue weighted by molar-refractivity contribution is -0.130. The summed E-state index contributed by atoms with van der Waals surface area (Å²) in [6.45, 7) is 1.52. The molecular formula is C18H26N2O2. The molecule has 1 saturated heterocycles. The number of ether oxygens (including phenoxy) is 1. The first kappa shape index (κ1) is 15.3. The maximum absolute atomic E-state index is 12.2. The molecule has 2 N–H and O–H groups in total. The molecule has 1 aliphatic carbocycles. The number of nitrogens with two attached hydrogens (primary N) is 1. The predicted molar refractivity (Wildman–Crippen MR) is 86.8 cm³/mol. The van der Waals surface area contributed by atoms with Gasteiger partial charge in [0.05, 0.1) is 6.10 Å². The van der Waals surface area contributed by atoms with Crippen LogP contribution in [-0.2, 0) is 11.2 Å². The van der Waals surface area contributed by atoms with Crippen LogP contribution >= 0.6 is 0 Å². The average Bonchev–Trinajstić information content (AvgIpc) is 3.17. The summed E-state index contributed by atoms with van der Waals surface area (Å²) in [6.07, 6.45) is 7.51. The Bertz CT molecular complexity index is 512. The average molecular weight is 302 g/mol. The number of amides is 1. The van der Waals surface area contributed by atoms with E-state index in [2.05, 4.69) is 12.1 Å². The van der Waals surface area contributed by atoms with Gasteiger partial charge in [-0.3, -0.25) is 4.79 Å². The fourth-order valence-corrected chi connectivity index (χ4v) is 3.40. The molecular weight excluding hydrogens is 276 g/mol. The lowest BCUT2D eigenvalue weighted by Crippen LogP contribution is -2.31. The maximum Gasteiger partial charge on any atom is 0.222 e. The number of carbonyl (C=O) groups is 1. The number of nitrogens with zero attached hydrogens (tertiary/aromatic N) is 1. The van der Waals surface area contributed by atoms with E-state index in [0.29, 0.717) is 19.1 Å². The number of rotatable bonds is 5. The van der Waals surface area contributed by atoms with Gasteiger partial charge < -0.3 is 15.4 Å². The van der Waals surface area contributed by atoms with E-state index in [-0.39, 0.29) is 11.9 Å². The lowest BCUT2D eigenvalue weighted by atomic mass is 10.1. The zero-order valence-electron chi connectivity index (χ0n) is 13.2. The van der Waals surface area contributed by atoms with Crippen LogP contribution in [0, 0.1) is 0 Å². The van der Waals surface area contributed by atoms with Gasteiger partial charge in [-0.2, -0.15) is 0 Å². The highest BCUT2D eigenvalue weighted by Crippen LogP contribution is 2.25. The quantitative estimate of drug-likeness (QED) is 0.909. The van der Waals surface area contributed by atoms with Gasteiger partial charge in [0.15, 0.2) is 0 Å². The Morgan fingerprint density at radius 3 is 2.82 bits per heavy atom. The minimum atomic E-state index is 0.159. The van der Waals surface area contributed by atoms with Crippen molar-refractivity contribution in [2.75, 3.05) is 13.1 Å². The SMILES string of the molecule is N[C@@H]1CCN(C(=O)CCc2cccc(OC3CCCC3)c2)C1. The molecule has 4 nitrogen and oxygen atoms in total. The summed E-state index contributed by atoms with van der Waals surface area (Å²) >= 11 is 0. The third-order valence-electron chi connectivity index (χ3n) is 4.71. The van der Waals surface area contributed by atoms with Gasteiger partial charge in [-0.15, -0.1) is 0 Å². The molecule has 1 amide bonds. The van der Waals surface area contributed by atoms with E-state index in [1.165, 1.54) is 18.4 Å². The maximum atomic E-state index is 12.2. The van der Waals surface area contributed by atoms with Crippen molar-refractivity contribution in [2.45, 2.75) is 57.1 Å². The molecule has 0 radical (unpaired) electrons. The monoisotopic (exact) mass is 302 g/mol. The molecule has 1 aliphatic heterocycles. The van der Waals surface area contributed by atoms with Gasteiger partial charge in [-0.1, -0.05) is 12.1 Å². The molecule has 1 atom stereocenters. The van der Waals surface area contributed by atoms with Crippen LogP contribution in [0.15, 0.2) is 24.3 Å². The van der Waals surface area contributed by atoms with Crippen molar-refractivity contribution in [2.24, 2.45) is 5.73 Å². The standard InChI is InChI=1S/C18H26N2O2/c19-15-10-11-20(13-15)18(21)9-8-14-4-3-7-17(12-14)22-16-5-1-2-6-16/h3-4,7,12,15-16H,1-2,5-6,8-11,13,19H2/t15-/m1/s1. The normalized spacial score (nSPS) is 22.2. The highest BCUT2D eigenvalue weighted by atomic mass is 16.5. The smallest absolute Gasteiger partial charge is 0.222 e. The zero-order chi connectivity index (χ0) is 15.4. The molecule has 1 heterocycles. The molecule has 0 aromatic heterocycles. The van der Waals surface area contributed by atoms with Crippen LogP contribution < -0.4 is 10.5 Å². The van der Waals surface area contributed by atoms with Gasteiger partial charge in [0.1, 0.15) is 5.75 Å². The van der Waals surface area contributed by atoms with Crippen molar-refractivity contribution in [1.82, 2.24) is 4.90 Å². The molecule has 1 saturated carbocycles. The fourth-order valence-electron chi connectivity index (χ4n) is 3.40. The molecule has 120 valence electrons. The highest BCUT2D eigenvalue weighted by Gasteiger charge is 2.23. The Kier molecular flexibility index (Phi) is 4.98. The molecule has 1 aromatic rings. The van der Waals surface area contributed by atoms with Crippen LogP contribution in [0.4, 0.5) is 0 Å². The second-order valence-corrected chi connectivity index (χ2v) is 6.56. The number of hydrogen-bond acceptors (Lipinski definition) is 3. The minimum absolute atomic E-state index is 0.159. The summed E-state index contributed by atoms with van der Waals surface area (Å²) in [6, 6.07) is 8.36.